The van der Waals surface area contributed by atoms with E-state index in [2.05, 4.69) is 10.1 Å². The molecular formula is C15H16ClN3O. The first kappa shape index (κ1) is 14.5. The van der Waals surface area contributed by atoms with Crippen LogP contribution in [0.15, 0.2) is 36.7 Å². The van der Waals surface area contributed by atoms with Crippen LogP contribution in [0.3, 0.4) is 0 Å². The van der Waals surface area contributed by atoms with Crippen LogP contribution >= 0.6 is 11.6 Å². The number of hydrogen-bond donors (Lipinski definition) is 0. The minimum absolute atomic E-state index is 0.0392. The lowest BCUT2D eigenvalue weighted by atomic mass is 9.91. The fourth-order valence-corrected chi connectivity index (χ4v) is 1.69. The number of rotatable bonds is 3. The number of ketones is 1. The molecule has 0 aliphatic rings. The Morgan fingerprint density at radius 2 is 2.10 bits per heavy atom. The number of carbonyl (C=O) groups excluding carboxylic acids is 1. The molecule has 0 amide bonds. The van der Waals surface area contributed by atoms with E-state index in [1.54, 1.807) is 24.7 Å². The Morgan fingerprint density at radius 1 is 1.35 bits per heavy atom. The third-order valence-corrected chi connectivity index (χ3v) is 2.94. The molecule has 0 saturated heterocycles. The molecule has 1 aromatic carbocycles. The van der Waals surface area contributed by atoms with E-state index in [0.717, 1.165) is 5.56 Å². The number of allylic oxidation sites excluding steroid dienone is 1. The molecule has 0 radical (unpaired) electrons. The van der Waals surface area contributed by atoms with E-state index in [-0.39, 0.29) is 5.78 Å². The SMILES string of the molecule is CC(C)(C)C(=O)/C=C\n1cnc(-c2cccc(Cl)c2)n1. The smallest absolute Gasteiger partial charge is 0.181 e. The number of halogens is 1. The summed E-state index contributed by atoms with van der Waals surface area (Å²) in [5.74, 6) is 0.609. The summed E-state index contributed by atoms with van der Waals surface area (Å²) in [7, 11) is 0. The van der Waals surface area contributed by atoms with Gasteiger partial charge in [0.1, 0.15) is 6.33 Å². The first-order valence-corrected chi connectivity index (χ1v) is 6.64. The van der Waals surface area contributed by atoms with Crippen molar-refractivity contribution in [1.29, 1.82) is 0 Å². The summed E-state index contributed by atoms with van der Waals surface area (Å²) in [6, 6.07) is 7.32. The average Bonchev–Trinajstić information content (AvgIpc) is 2.83. The number of benzene rings is 1. The van der Waals surface area contributed by atoms with Crippen LogP contribution in [0.1, 0.15) is 20.8 Å². The lowest BCUT2D eigenvalue weighted by molar-refractivity contribution is -0.121. The van der Waals surface area contributed by atoms with E-state index in [1.807, 2.05) is 32.9 Å². The Morgan fingerprint density at radius 3 is 2.75 bits per heavy atom. The normalized spacial score (nSPS) is 12.0. The van der Waals surface area contributed by atoms with Crippen LogP contribution < -0.4 is 0 Å². The lowest BCUT2D eigenvalue weighted by Gasteiger charge is -2.12. The summed E-state index contributed by atoms with van der Waals surface area (Å²) >= 11 is 5.93. The van der Waals surface area contributed by atoms with E-state index in [0.29, 0.717) is 10.8 Å². The standard InChI is InChI=1S/C15H16ClN3O/c1-15(2,3)13(20)7-8-19-10-17-14(18-19)11-5-4-6-12(16)9-11/h4-10H,1-3H3/b8-7-. The summed E-state index contributed by atoms with van der Waals surface area (Å²) < 4.78 is 1.51. The largest absolute Gasteiger partial charge is 0.294 e. The number of carbonyl (C=O) groups is 1. The van der Waals surface area contributed by atoms with Gasteiger partial charge in [-0.25, -0.2) is 9.67 Å². The van der Waals surface area contributed by atoms with Gasteiger partial charge < -0.3 is 0 Å². The Balaban J connectivity index is 2.18. The van der Waals surface area contributed by atoms with Crippen molar-refractivity contribution in [2.45, 2.75) is 20.8 Å². The number of nitrogens with zero attached hydrogens (tertiary/aromatic N) is 3. The maximum atomic E-state index is 11.8. The third kappa shape index (κ3) is 3.54. The molecule has 0 saturated carbocycles. The van der Waals surface area contributed by atoms with E-state index in [4.69, 9.17) is 11.6 Å². The van der Waals surface area contributed by atoms with Crippen LogP contribution in [0.4, 0.5) is 0 Å². The minimum Gasteiger partial charge on any atom is -0.294 e. The quantitative estimate of drug-likeness (QED) is 0.810. The predicted octanol–water partition coefficient (Wildman–Crippen LogP) is 3.68. The maximum Gasteiger partial charge on any atom is 0.181 e. The van der Waals surface area contributed by atoms with E-state index in [9.17, 15) is 4.79 Å². The van der Waals surface area contributed by atoms with Crippen LogP contribution in [0.25, 0.3) is 17.6 Å². The van der Waals surface area contributed by atoms with Crippen molar-refractivity contribution in [3.8, 4) is 11.4 Å². The zero-order valence-electron chi connectivity index (χ0n) is 11.7. The van der Waals surface area contributed by atoms with Gasteiger partial charge in [-0.15, -0.1) is 5.10 Å². The van der Waals surface area contributed by atoms with Crippen LogP contribution in [0, 0.1) is 5.41 Å². The molecule has 2 aromatic rings. The van der Waals surface area contributed by atoms with Gasteiger partial charge >= 0.3 is 0 Å². The Kier molecular flexibility index (Phi) is 4.04. The molecule has 0 aliphatic heterocycles. The number of hydrogen-bond acceptors (Lipinski definition) is 3. The molecule has 0 unspecified atom stereocenters. The van der Waals surface area contributed by atoms with Gasteiger partial charge in [-0.1, -0.05) is 44.5 Å². The second-order valence-corrected chi connectivity index (χ2v) is 5.92. The van der Waals surface area contributed by atoms with Crippen LogP contribution in [-0.2, 0) is 4.79 Å². The lowest BCUT2D eigenvalue weighted by Crippen LogP contribution is -2.17. The highest BCUT2D eigenvalue weighted by Gasteiger charge is 2.18. The van der Waals surface area contributed by atoms with Crippen molar-refractivity contribution >= 4 is 23.6 Å². The molecule has 2 rings (SSSR count). The molecule has 0 N–H and O–H groups in total. The summed E-state index contributed by atoms with van der Waals surface area (Å²) in [6.45, 7) is 5.62. The second kappa shape index (κ2) is 5.59. The van der Waals surface area contributed by atoms with E-state index in [1.165, 1.54) is 10.8 Å². The molecule has 104 valence electrons. The van der Waals surface area contributed by atoms with Gasteiger partial charge in [-0.05, 0) is 12.1 Å². The third-order valence-electron chi connectivity index (χ3n) is 2.71. The van der Waals surface area contributed by atoms with Crippen LogP contribution in [-0.4, -0.2) is 20.5 Å². The highest BCUT2D eigenvalue weighted by Crippen LogP contribution is 2.19. The second-order valence-electron chi connectivity index (χ2n) is 5.49. The van der Waals surface area contributed by atoms with Gasteiger partial charge in [0.15, 0.2) is 11.6 Å². The summed E-state index contributed by atoms with van der Waals surface area (Å²) in [6.07, 6.45) is 4.67. The van der Waals surface area contributed by atoms with Gasteiger partial charge in [-0.3, -0.25) is 4.79 Å². The molecule has 0 fully saturated rings. The molecule has 4 nitrogen and oxygen atoms in total. The minimum atomic E-state index is -0.396. The fourth-order valence-electron chi connectivity index (χ4n) is 1.50. The molecule has 20 heavy (non-hydrogen) atoms. The maximum absolute atomic E-state index is 11.8. The molecule has 0 spiro atoms. The zero-order chi connectivity index (χ0) is 14.8. The molecule has 0 bridgehead atoms. The van der Waals surface area contributed by atoms with Crippen LogP contribution in [0.2, 0.25) is 5.02 Å². The predicted molar refractivity (Wildman–Crippen MR) is 80.3 cm³/mol. The number of aromatic nitrogens is 3. The Labute approximate surface area is 123 Å². The molecule has 5 heteroatoms. The summed E-state index contributed by atoms with van der Waals surface area (Å²) in [5, 5.41) is 4.92. The molecule has 1 aromatic heterocycles. The van der Waals surface area contributed by atoms with E-state index < -0.39 is 5.41 Å². The Bertz CT molecular complexity index is 653. The van der Waals surface area contributed by atoms with Crippen molar-refractivity contribution in [2.75, 3.05) is 0 Å². The Hall–Kier alpha value is -1.94. The zero-order valence-corrected chi connectivity index (χ0v) is 12.4. The summed E-state index contributed by atoms with van der Waals surface area (Å²) in [4.78, 5) is 16.0. The van der Waals surface area contributed by atoms with Gasteiger partial charge in [0.05, 0.1) is 0 Å². The van der Waals surface area contributed by atoms with Gasteiger partial charge in [0.25, 0.3) is 0 Å². The van der Waals surface area contributed by atoms with Crippen molar-refractivity contribution < 1.29 is 4.79 Å². The van der Waals surface area contributed by atoms with Crippen molar-refractivity contribution in [3.05, 3.63) is 41.7 Å². The monoisotopic (exact) mass is 289 g/mol. The van der Waals surface area contributed by atoms with Gasteiger partial charge in [0.2, 0.25) is 0 Å². The van der Waals surface area contributed by atoms with E-state index >= 15 is 0 Å². The van der Waals surface area contributed by atoms with Crippen LogP contribution in [0.5, 0.6) is 0 Å². The van der Waals surface area contributed by atoms with Gasteiger partial charge in [-0.2, -0.15) is 0 Å². The fraction of sp³-hybridized carbons (Fsp3) is 0.267. The molecule has 0 aliphatic carbocycles. The molecule has 1 heterocycles. The van der Waals surface area contributed by atoms with Gasteiger partial charge in [0, 0.05) is 28.3 Å². The highest BCUT2D eigenvalue weighted by atomic mass is 35.5. The topological polar surface area (TPSA) is 47.8 Å². The summed E-state index contributed by atoms with van der Waals surface area (Å²) in [5.41, 5.74) is 0.444. The van der Waals surface area contributed by atoms with Crippen molar-refractivity contribution in [1.82, 2.24) is 14.8 Å². The van der Waals surface area contributed by atoms with Crippen molar-refractivity contribution in [3.63, 3.8) is 0 Å². The average molecular weight is 290 g/mol. The highest BCUT2D eigenvalue weighted by molar-refractivity contribution is 6.30. The van der Waals surface area contributed by atoms with Crippen molar-refractivity contribution in [2.24, 2.45) is 5.41 Å². The molecular weight excluding hydrogens is 274 g/mol. The first-order valence-electron chi connectivity index (χ1n) is 6.26. The first-order chi connectivity index (χ1) is 9.36. The molecule has 0 atom stereocenters.